The van der Waals surface area contributed by atoms with Gasteiger partial charge < -0.3 is 4.90 Å². The van der Waals surface area contributed by atoms with Gasteiger partial charge in [-0.15, -0.1) is 11.3 Å². The van der Waals surface area contributed by atoms with E-state index in [1.54, 1.807) is 11.3 Å². The van der Waals surface area contributed by atoms with Crippen LogP contribution < -0.4 is 4.90 Å². The fourth-order valence-electron chi connectivity index (χ4n) is 2.20. The molecule has 4 heteroatoms. The van der Waals surface area contributed by atoms with Crippen LogP contribution in [0.15, 0.2) is 34.2 Å². The number of halogens is 1. The smallest absolute Gasteiger partial charge is 0.124 e. The van der Waals surface area contributed by atoms with E-state index in [0.29, 0.717) is 0 Å². The molecule has 0 atom stereocenters. The van der Waals surface area contributed by atoms with E-state index < -0.39 is 0 Å². The number of aromatic nitrogens is 1. The molecule has 2 heterocycles. The zero-order valence-corrected chi connectivity index (χ0v) is 11.8. The fourth-order valence-corrected chi connectivity index (χ4v) is 3.40. The van der Waals surface area contributed by atoms with Crippen LogP contribution in [0.2, 0.25) is 0 Å². The Kier molecular flexibility index (Phi) is 3.16. The first-order chi connectivity index (χ1) is 8.33. The van der Waals surface area contributed by atoms with Crippen LogP contribution in [0.1, 0.15) is 12.8 Å². The zero-order valence-electron chi connectivity index (χ0n) is 9.40. The highest BCUT2D eigenvalue weighted by molar-refractivity contribution is 9.11. The van der Waals surface area contributed by atoms with Crippen molar-refractivity contribution in [3.63, 3.8) is 0 Å². The Morgan fingerprint density at radius 2 is 2.06 bits per heavy atom. The molecule has 0 aliphatic carbocycles. The molecular weight excluding hydrogens is 296 g/mol. The van der Waals surface area contributed by atoms with Gasteiger partial charge in [0.1, 0.15) is 5.01 Å². The Hall–Kier alpha value is -0.870. The monoisotopic (exact) mass is 308 g/mol. The van der Waals surface area contributed by atoms with Crippen LogP contribution in [0.25, 0.3) is 10.6 Å². The van der Waals surface area contributed by atoms with Crippen LogP contribution in [0.4, 0.5) is 5.69 Å². The van der Waals surface area contributed by atoms with Crippen LogP contribution in [0.5, 0.6) is 0 Å². The summed E-state index contributed by atoms with van der Waals surface area (Å²) in [5.41, 5.74) is 2.54. The topological polar surface area (TPSA) is 16.1 Å². The number of benzene rings is 1. The molecule has 0 amide bonds. The molecule has 1 aromatic heterocycles. The van der Waals surface area contributed by atoms with Gasteiger partial charge >= 0.3 is 0 Å². The number of hydrogen-bond donors (Lipinski definition) is 0. The lowest BCUT2D eigenvalue weighted by Gasteiger charge is -2.17. The minimum atomic E-state index is 1.08. The average Bonchev–Trinajstić information content (AvgIpc) is 3.00. The predicted octanol–water partition coefficient (Wildman–Crippen LogP) is 4.17. The maximum Gasteiger partial charge on any atom is 0.124 e. The Balaban J connectivity index is 1.93. The molecule has 0 bridgehead atoms. The molecule has 1 aliphatic rings. The number of thiazole rings is 1. The molecule has 0 N–H and O–H groups in total. The lowest BCUT2D eigenvalue weighted by Crippen LogP contribution is -2.17. The molecular formula is C13H13BrN2S. The Bertz CT molecular complexity index is 518. The van der Waals surface area contributed by atoms with E-state index in [1.165, 1.54) is 37.2 Å². The van der Waals surface area contributed by atoms with Gasteiger partial charge in [0.2, 0.25) is 0 Å². The van der Waals surface area contributed by atoms with Crippen molar-refractivity contribution in [1.82, 2.24) is 4.98 Å². The number of anilines is 1. The number of hydrogen-bond acceptors (Lipinski definition) is 3. The van der Waals surface area contributed by atoms with Crippen molar-refractivity contribution in [3.05, 3.63) is 34.2 Å². The SMILES string of the molecule is Brc1cnc(-c2cccc(N3CCCC3)c2)s1. The van der Waals surface area contributed by atoms with Gasteiger partial charge in [-0.2, -0.15) is 0 Å². The van der Waals surface area contributed by atoms with E-state index in [4.69, 9.17) is 0 Å². The summed E-state index contributed by atoms with van der Waals surface area (Å²) in [5, 5.41) is 1.08. The van der Waals surface area contributed by atoms with Crippen LogP contribution in [-0.2, 0) is 0 Å². The summed E-state index contributed by atoms with van der Waals surface area (Å²) < 4.78 is 1.08. The second-order valence-electron chi connectivity index (χ2n) is 4.21. The largest absolute Gasteiger partial charge is 0.372 e. The van der Waals surface area contributed by atoms with E-state index in [9.17, 15) is 0 Å². The van der Waals surface area contributed by atoms with E-state index in [-0.39, 0.29) is 0 Å². The normalized spacial score (nSPS) is 15.5. The summed E-state index contributed by atoms with van der Waals surface area (Å²) in [6, 6.07) is 8.69. The van der Waals surface area contributed by atoms with Crippen molar-refractivity contribution in [2.75, 3.05) is 18.0 Å². The maximum absolute atomic E-state index is 4.41. The molecule has 0 unspecified atom stereocenters. The molecule has 1 saturated heterocycles. The lowest BCUT2D eigenvalue weighted by atomic mass is 10.2. The second kappa shape index (κ2) is 4.78. The first kappa shape index (κ1) is 11.2. The molecule has 3 rings (SSSR count). The van der Waals surface area contributed by atoms with E-state index in [0.717, 1.165) is 8.79 Å². The Morgan fingerprint density at radius 3 is 2.76 bits per heavy atom. The zero-order chi connectivity index (χ0) is 11.7. The molecule has 0 saturated carbocycles. The highest BCUT2D eigenvalue weighted by Gasteiger charge is 2.13. The third kappa shape index (κ3) is 2.38. The van der Waals surface area contributed by atoms with Gasteiger partial charge in [-0.1, -0.05) is 12.1 Å². The van der Waals surface area contributed by atoms with Gasteiger partial charge in [-0.25, -0.2) is 4.98 Å². The van der Waals surface area contributed by atoms with Gasteiger partial charge in [0, 0.05) is 24.3 Å². The van der Waals surface area contributed by atoms with Crippen molar-refractivity contribution in [2.45, 2.75) is 12.8 Å². The minimum absolute atomic E-state index is 1.08. The van der Waals surface area contributed by atoms with Gasteiger partial charge in [0.15, 0.2) is 0 Å². The summed E-state index contributed by atoms with van der Waals surface area (Å²) in [6.07, 6.45) is 4.49. The first-order valence-corrected chi connectivity index (χ1v) is 7.40. The molecule has 17 heavy (non-hydrogen) atoms. The van der Waals surface area contributed by atoms with Crippen LogP contribution in [0, 0.1) is 0 Å². The summed E-state index contributed by atoms with van der Waals surface area (Å²) in [4.78, 5) is 6.86. The van der Waals surface area contributed by atoms with E-state index >= 15 is 0 Å². The number of nitrogens with zero attached hydrogens (tertiary/aromatic N) is 2. The van der Waals surface area contributed by atoms with Crippen molar-refractivity contribution < 1.29 is 0 Å². The summed E-state index contributed by atoms with van der Waals surface area (Å²) in [6.45, 7) is 2.37. The van der Waals surface area contributed by atoms with Crippen LogP contribution in [0.3, 0.4) is 0 Å². The second-order valence-corrected chi connectivity index (χ2v) is 6.62. The first-order valence-electron chi connectivity index (χ1n) is 5.80. The summed E-state index contributed by atoms with van der Waals surface area (Å²) in [7, 11) is 0. The van der Waals surface area contributed by atoms with Gasteiger partial charge in [0.05, 0.1) is 9.98 Å². The molecule has 0 spiro atoms. The molecule has 1 aromatic carbocycles. The molecule has 1 aliphatic heterocycles. The molecule has 2 nitrogen and oxygen atoms in total. The molecule has 88 valence electrons. The minimum Gasteiger partial charge on any atom is -0.372 e. The molecule has 0 radical (unpaired) electrons. The van der Waals surface area contributed by atoms with Crippen molar-refractivity contribution in [2.24, 2.45) is 0 Å². The maximum atomic E-state index is 4.41. The molecule has 2 aromatic rings. The summed E-state index contributed by atoms with van der Waals surface area (Å²) >= 11 is 5.14. The highest BCUT2D eigenvalue weighted by atomic mass is 79.9. The quantitative estimate of drug-likeness (QED) is 0.827. The van der Waals surface area contributed by atoms with Crippen LogP contribution >= 0.6 is 27.3 Å². The van der Waals surface area contributed by atoms with Crippen molar-refractivity contribution >= 4 is 33.0 Å². The van der Waals surface area contributed by atoms with Gasteiger partial charge in [-0.3, -0.25) is 0 Å². The Labute approximate surface area is 113 Å². The van der Waals surface area contributed by atoms with Gasteiger partial charge in [-0.05, 0) is 40.9 Å². The Morgan fingerprint density at radius 1 is 1.24 bits per heavy atom. The third-order valence-electron chi connectivity index (χ3n) is 3.04. The third-order valence-corrected chi connectivity index (χ3v) is 4.57. The molecule has 1 fully saturated rings. The van der Waals surface area contributed by atoms with Gasteiger partial charge in [0.25, 0.3) is 0 Å². The van der Waals surface area contributed by atoms with Crippen LogP contribution in [-0.4, -0.2) is 18.1 Å². The van der Waals surface area contributed by atoms with Crippen molar-refractivity contribution in [3.8, 4) is 10.6 Å². The lowest BCUT2D eigenvalue weighted by molar-refractivity contribution is 0.949. The average molecular weight is 309 g/mol. The van der Waals surface area contributed by atoms with Crippen molar-refractivity contribution in [1.29, 1.82) is 0 Å². The predicted molar refractivity (Wildman–Crippen MR) is 76.7 cm³/mol. The van der Waals surface area contributed by atoms with E-state index in [1.807, 2.05) is 6.20 Å². The fraction of sp³-hybridized carbons (Fsp3) is 0.308. The standard InChI is InChI=1S/C13H13BrN2S/c14-12-9-15-13(17-12)10-4-3-5-11(8-10)16-6-1-2-7-16/h3-5,8-9H,1-2,6-7H2. The summed E-state index contributed by atoms with van der Waals surface area (Å²) in [5.74, 6) is 0. The van der Waals surface area contributed by atoms with E-state index in [2.05, 4.69) is 50.1 Å². The highest BCUT2D eigenvalue weighted by Crippen LogP contribution is 2.31. The number of rotatable bonds is 2.